The van der Waals surface area contributed by atoms with Crippen molar-refractivity contribution in [3.8, 4) is 0 Å². The molecule has 4 aromatic heterocycles. The molecule has 0 saturated heterocycles. The van der Waals surface area contributed by atoms with Crippen LogP contribution in [0.15, 0.2) is 64.7 Å². The summed E-state index contributed by atoms with van der Waals surface area (Å²) in [4.78, 5) is 27.0. The van der Waals surface area contributed by atoms with Crippen molar-refractivity contribution in [1.29, 1.82) is 0 Å². The summed E-state index contributed by atoms with van der Waals surface area (Å²) >= 11 is 0. The Labute approximate surface area is 136 Å². The fourth-order valence-corrected chi connectivity index (χ4v) is 2.42. The smallest absolute Gasteiger partial charge is 0.274 e. The minimum absolute atomic E-state index is 0.218. The zero-order chi connectivity index (χ0) is 16.4. The van der Waals surface area contributed by atoms with Crippen molar-refractivity contribution in [2.75, 3.05) is 0 Å². The van der Waals surface area contributed by atoms with Gasteiger partial charge >= 0.3 is 0 Å². The Bertz CT molecular complexity index is 874. The van der Waals surface area contributed by atoms with Crippen molar-refractivity contribution in [3.05, 3.63) is 73.0 Å². The molecular formula is C16H13N5O3. The molecule has 0 aliphatic carbocycles. The van der Waals surface area contributed by atoms with E-state index in [1.54, 1.807) is 15.5 Å². The van der Waals surface area contributed by atoms with Gasteiger partial charge in [0, 0.05) is 12.4 Å². The van der Waals surface area contributed by atoms with Crippen molar-refractivity contribution in [2.24, 2.45) is 0 Å². The lowest BCUT2D eigenvalue weighted by Gasteiger charge is -2.19. The maximum atomic E-state index is 12.9. The van der Waals surface area contributed by atoms with Gasteiger partial charge in [-0.3, -0.25) is 4.79 Å². The lowest BCUT2D eigenvalue weighted by atomic mass is 10.3. The number of nitrogens with zero attached hydrogens (tertiary/aromatic N) is 5. The molecule has 0 unspecified atom stereocenters. The summed E-state index contributed by atoms with van der Waals surface area (Å²) in [6, 6.07) is 5.60. The van der Waals surface area contributed by atoms with Crippen LogP contribution >= 0.6 is 0 Å². The summed E-state index contributed by atoms with van der Waals surface area (Å²) in [5, 5.41) is 0. The molecule has 24 heavy (non-hydrogen) atoms. The van der Waals surface area contributed by atoms with Gasteiger partial charge in [-0.1, -0.05) is 6.07 Å². The number of carbonyl (C=O) groups is 1. The molecule has 0 fully saturated rings. The Hall–Kier alpha value is -3.42. The van der Waals surface area contributed by atoms with Crippen LogP contribution in [0.5, 0.6) is 0 Å². The predicted molar refractivity (Wildman–Crippen MR) is 81.8 cm³/mol. The lowest BCUT2D eigenvalue weighted by Crippen LogP contribution is -2.30. The maximum Gasteiger partial charge on any atom is 0.274 e. The lowest BCUT2D eigenvalue weighted by molar-refractivity contribution is 0.0720. The SMILES string of the molecule is O=C(c1cn2ccccc2n1)N(Cc1cocn1)Cc1cocn1. The number of hydrogen-bond acceptors (Lipinski definition) is 6. The quantitative estimate of drug-likeness (QED) is 0.559. The highest BCUT2D eigenvalue weighted by Gasteiger charge is 2.21. The van der Waals surface area contributed by atoms with Gasteiger partial charge in [0.15, 0.2) is 12.8 Å². The number of oxazole rings is 2. The van der Waals surface area contributed by atoms with Crippen LogP contribution in [0.3, 0.4) is 0 Å². The molecule has 8 nitrogen and oxygen atoms in total. The summed E-state index contributed by atoms with van der Waals surface area (Å²) < 4.78 is 11.8. The van der Waals surface area contributed by atoms with Crippen LogP contribution in [-0.4, -0.2) is 30.2 Å². The van der Waals surface area contributed by atoms with Gasteiger partial charge in [-0.2, -0.15) is 0 Å². The molecule has 0 spiro atoms. The van der Waals surface area contributed by atoms with E-state index in [4.69, 9.17) is 8.83 Å². The van der Waals surface area contributed by atoms with Gasteiger partial charge in [0.25, 0.3) is 5.91 Å². The van der Waals surface area contributed by atoms with E-state index in [0.717, 1.165) is 0 Å². The second kappa shape index (κ2) is 5.99. The molecule has 0 aliphatic heterocycles. The highest BCUT2D eigenvalue weighted by atomic mass is 16.3. The fourth-order valence-electron chi connectivity index (χ4n) is 2.42. The van der Waals surface area contributed by atoms with Crippen molar-refractivity contribution >= 4 is 11.6 Å². The Morgan fingerprint density at radius 2 is 1.79 bits per heavy atom. The van der Waals surface area contributed by atoms with Gasteiger partial charge in [0.2, 0.25) is 0 Å². The Morgan fingerprint density at radius 1 is 1.08 bits per heavy atom. The van der Waals surface area contributed by atoms with Crippen molar-refractivity contribution < 1.29 is 13.6 Å². The summed E-state index contributed by atoms with van der Waals surface area (Å²) in [5.74, 6) is -0.218. The van der Waals surface area contributed by atoms with E-state index in [1.165, 1.54) is 25.3 Å². The van der Waals surface area contributed by atoms with Crippen LogP contribution in [0, 0.1) is 0 Å². The molecule has 0 aliphatic rings. The van der Waals surface area contributed by atoms with Gasteiger partial charge in [0.05, 0.1) is 24.5 Å². The van der Waals surface area contributed by atoms with Gasteiger partial charge in [-0.15, -0.1) is 0 Å². The highest BCUT2D eigenvalue weighted by Crippen LogP contribution is 2.13. The normalized spacial score (nSPS) is 11.0. The van der Waals surface area contributed by atoms with E-state index in [9.17, 15) is 4.79 Å². The number of hydrogen-bond donors (Lipinski definition) is 0. The summed E-state index contributed by atoms with van der Waals surface area (Å²) in [5.41, 5.74) is 2.36. The van der Waals surface area contributed by atoms with Crippen LogP contribution in [0.4, 0.5) is 0 Å². The van der Waals surface area contributed by atoms with Crippen LogP contribution < -0.4 is 0 Å². The van der Waals surface area contributed by atoms with Gasteiger partial charge in [-0.05, 0) is 12.1 Å². The Kier molecular flexibility index (Phi) is 3.54. The number of amides is 1. The first-order chi connectivity index (χ1) is 11.8. The zero-order valence-electron chi connectivity index (χ0n) is 12.6. The maximum absolute atomic E-state index is 12.9. The van der Waals surface area contributed by atoms with E-state index in [2.05, 4.69) is 15.0 Å². The zero-order valence-corrected chi connectivity index (χ0v) is 12.6. The van der Waals surface area contributed by atoms with Gasteiger partial charge in [0.1, 0.15) is 23.9 Å². The molecule has 0 saturated carbocycles. The Balaban J connectivity index is 1.64. The van der Waals surface area contributed by atoms with E-state index >= 15 is 0 Å². The first-order valence-corrected chi connectivity index (χ1v) is 7.27. The topological polar surface area (TPSA) is 89.7 Å². The number of carbonyl (C=O) groups excluding carboxylic acids is 1. The molecule has 0 bridgehead atoms. The van der Waals surface area contributed by atoms with Gasteiger partial charge < -0.3 is 18.1 Å². The third-order valence-electron chi connectivity index (χ3n) is 3.54. The van der Waals surface area contributed by atoms with Gasteiger partial charge in [-0.25, -0.2) is 15.0 Å². The minimum Gasteiger partial charge on any atom is -0.451 e. The summed E-state index contributed by atoms with van der Waals surface area (Å²) in [6.45, 7) is 0.576. The third kappa shape index (κ3) is 2.76. The van der Waals surface area contributed by atoms with E-state index in [0.29, 0.717) is 22.7 Å². The van der Waals surface area contributed by atoms with E-state index < -0.39 is 0 Å². The van der Waals surface area contributed by atoms with E-state index in [-0.39, 0.29) is 19.0 Å². The highest BCUT2D eigenvalue weighted by molar-refractivity contribution is 5.92. The van der Waals surface area contributed by atoms with Crippen molar-refractivity contribution in [2.45, 2.75) is 13.1 Å². The first kappa shape index (κ1) is 14.2. The molecule has 4 rings (SSSR count). The third-order valence-corrected chi connectivity index (χ3v) is 3.54. The number of rotatable bonds is 5. The predicted octanol–water partition coefficient (Wildman–Crippen LogP) is 2.15. The molecule has 120 valence electrons. The number of pyridine rings is 1. The van der Waals surface area contributed by atoms with Crippen LogP contribution in [-0.2, 0) is 13.1 Å². The summed E-state index contributed by atoms with van der Waals surface area (Å²) in [6.07, 6.45) is 9.23. The fraction of sp³-hybridized carbons (Fsp3) is 0.125. The second-order valence-electron chi connectivity index (χ2n) is 5.21. The molecule has 0 N–H and O–H groups in total. The molecule has 8 heteroatoms. The average molecular weight is 323 g/mol. The number of imidazole rings is 1. The van der Waals surface area contributed by atoms with Crippen LogP contribution in [0.2, 0.25) is 0 Å². The molecule has 1 amide bonds. The number of fused-ring (bicyclic) bond motifs is 1. The molecular weight excluding hydrogens is 310 g/mol. The molecule has 0 radical (unpaired) electrons. The molecule has 4 aromatic rings. The van der Waals surface area contributed by atoms with Crippen molar-refractivity contribution in [3.63, 3.8) is 0 Å². The van der Waals surface area contributed by atoms with Crippen LogP contribution in [0.25, 0.3) is 5.65 Å². The second-order valence-corrected chi connectivity index (χ2v) is 5.21. The van der Waals surface area contributed by atoms with E-state index in [1.807, 2.05) is 24.4 Å². The molecule has 4 heterocycles. The Morgan fingerprint density at radius 3 is 2.38 bits per heavy atom. The summed E-state index contributed by atoms with van der Waals surface area (Å²) in [7, 11) is 0. The standard InChI is InChI=1S/C16H13N5O3/c22-16(14-7-20-4-2-1-3-15(20)19-14)21(5-12-8-23-10-17-12)6-13-9-24-11-18-13/h1-4,7-11H,5-6H2. The minimum atomic E-state index is -0.218. The largest absolute Gasteiger partial charge is 0.451 e. The van der Waals surface area contributed by atoms with Crippen molar-refractivity contribution in [1.82, 2.24) is 24.3 Å². The molecule has 0 aromatic carbocycles. The number of aromatic nitrogens is 4. The average Bonchev–Trinajstić information content (AvgIpc) is 3.34. The van der Waals surface area contributed by atoms with Crippen LogP contribution in [0.1, 0.15) is 21.9 Å². The monoisotopic (exact) mass is 323 g/mol. The first-order valence-electron chi connectivity index (χ1n) is 7.27. The molecule has 0 atom stereocenters.